The van der Waals surface area contributed by atoms with Gasteiger partial charge in [-0.25, -0.2) is 8.37 Å². The van der Waals surface area contributed by atoms with Crippen LogP contribution in [0.4, 0.5) is 0 Å². The van der Waals surface area contributed by atoms with E-state index in [1.54, 1.807) is 0 Å². The molecule has 40 heavy (non-hydrogen) atoms. The molecule has 4 saturated carbocycles. The third-order valence-corrected chi connectivity index (χ3v) is 12.4. The van der Waals surface area contributed by atoms with Crippen molar-refractivity contribution < 1.29 is 49.6 Å². The Labute approximate surface area is 238 Å². The number of aliphatic hydroxyl groups excluding tert-OH is 3. The fourth-order valence-corrected chi connectivity index (χ4v) is 10.7. The summed E-state index contributed by atoms with van der Waals surface area (Å²) in [6.07, 6.45) is 1.56. The molecule has 0 saturated heterocycles. The average molecular weight is 613 g/mol. The molecule has 0 aliphatic heterocycles. The van der Waals surface area contributed by atoms with Gasteiger partial charge >= 0.3 is 20.8 Å². The summed E-state index contributed by atoms with van der Waals surface area (Å²) in [6.45, 7) is 8.06. The minimum atomic E-state index is -4.73. The molecule has 5 N–H and O–H groups in total. The van der Waals surface area contributed by atoms with Crippen LogP contribution in [0.2, 0.25) is 0 Å². The van der Waals surface area contributed by atoms with Crippen molar-refractivity contribution in [2.45, 2.75) is 110 Å². The largest absolute Gasteiger partial charge is 0.397 e. The van der Waals surface area contributed by atoms with E-state index in [1.165, 1.54) is 0 Å². The summed E-state index contributed by atoms with van der Waals surface area (Å²) in [5, 5.41) is 34.7. The molecule has 4 rings (SSSR count). The van der Waals surface area contributed by atoms with Gasteiger partial charge in [-0.15, -0.1) is 0 Å². The number of hydrogen-bond acceptors (Lipinski definition) is 9. The molecule has 4 aliphatic carbocycles. The van der Waals surface area contributed by atoms with Gasteiger partial charge in [0, 0.05) is 5.41 Å². The van der Waals surface area contributed by atoms with Gasteiger partial charge in [-0.05, 0) is 91.8 Å². The molecule has 234 valence electrons. The lowest BCUT2D eigenvalue weighted by Crippen LogP contribution is -2.67. The molecule has 0 radical (unpaired) electrons. The van der Waals surface area contributed by atoms with E-state index in [1.807, 2.05) is 13.8 Å². The fraction of sp³-hybridized carbons (Fsp3) is 1.00. The molecule has 0 bridgehead atoms. The average Bonchev–Trinajstić information content (AvgIpc) is 3.18. The van der Waals surface area contributed by atoms with E-state index < -0.39 is 56.0 Å². The molecule has 4 fully saturated rings. The molecular formula is C27H48O11S2. The monoisotopic (exact) mass is 612 g/mol. The van der Waals surface area contributed by atoms with Gasteiger partial charge in [-0.1, -0.05) is 40.5 Å². The van der Waals surface area contributed by atoms with Crippen molar-refractivity contribution in [3.63, 3.8) is 0 Å². The van der Waals surface area contributed by atoms with Crippen molar-refractivity contribution in [3.8, 4) is 0 Å². The summed E-state index contributed by atoms with van der Waals surface area (Å²) in [6, 6.07) is 0. The number of hydrogen-bond donors (Lipinski definition) is 5. The molecule has 0 aromatic rings. The molecule has 0 spiro atoms. The molecule has 11 nitrogen and oxygen atoms in total. The van der Waals surface area contributed by atoms with Gasteiger partial charge < -0.3 is 15.3 Å². The molecule has 0 aromatic carbocycles. The Balaban J connectivity index is 1.60. The van der Waals surface area contributed by atoms with Crippen LogP contribution >= 0.6 is 0 Å². The normalized spacial score (nSPS) is 44.6. The van der Waals surface area contributed by atoms with Gasteiger partial charge in [0.25, 0.3) is 0 Å². The second-order valence-corrected chi connectivity index (χ2v) is 16.0. The van der Waals surface area contributed by atoms with Crippen molar-refractivity contribution in [2.75, 3.05) is 6.61 Å². The Bertz CT molecular complexity index is 1110. The molecule has 0 amide bonds. The predicted octanol–water partition coefficient (Wildman–Crippen LogP) is 3.01. The summed E-state index contributed by atoms with van der Waals surface area (Å²) in [5.41, 5.74) is -1.27. The van der Waals surface area contributed by atoms with Crippen LogP contribution in [-0.4, -0.2) is 72.3 Å². The van der Waals surface area contributed by atoms with Crippen LogP contribution in [-0.2, 0) is 29.2 Å². The van der Waals surface area contributed by atoms with Crippen LogP contribution in [0.25, 0.3) is 0 Å². The summed E-state index contributed by atoms with van der Waals surface area (Å²) in [5.74, 6) is -0.455. The maximum Gasteiger partial charge on any atom is 0.397 e. The van der Waals surface area contributed by atoms with Crippen LogP contribution in [0.3, 0.4) is 0 Å². The second-order valence-electron chi connectivity index (χ2n) is 13.9. The zero-order valence-electron chi connectivity index (χ0n) is 23.9. The first-order valence-electron chi connectivity index (χ1n) is 14.7. The summed E-state index contributed by atoms with van der Waals surface area (Å²) >= 11 is 0. The van der Waals surface area contributed by atoms with Crippen molar-refractivity contribution in [1.82, 2.24) is 0 Å². The predicted molar refractivity (Wildman–Crippen MR) is 145 cm³/mol. The highest BCUT2D eigenvalue weighted by Crippen LogP contribution is 2.68. The minimum Gasteiger partial charge on any atom is -0.390 e. The topological polar surface area (TPSA) is 188 Å². The van der Waals surface area contributed by atoms with Crippen molar-refractivity contribution >= 4 is 20.8 Å². The van der Waals surface area contributed by atoms with Gasteiger partial charge in [-0.2, -0.15) is 16.8 Å². The van der Waals surface area contributed by atoms with Crippen LogP contribution < -0.4 is 0 Å². The summed E-state index contributed by atoms with van der Waals surface area (Å²) < 4.78 is 73.8. The second kappa shape index (κ2) is 11.6. The maximum atomic E-state index is 11.8. The van der Waals surface area contributed by atoms with Gasteiger partial charge in [-0.3, -0.25) is 9.11 Å². The Hall–Kier alpha value is -0.380. The summed E-state index contributed by atoms with van der Waals surface area (Å²) in [7, 11) is -9.35. The molecule has 12 atom stereocenters. The van der Waals surface area contributed by atoms with Crippen molar-refractivity contribution in [1.29, 1.82) is 0 Å². The van der Waals surface area contributed by atoms with E-state index in [9.17, 15) is 41.3 Å². The van der Waals surface area contributed by atoms with Crippen LogP contribution in [0.15, 0.2) is 0 Å². The molecular weight excluding hydrogens is 564 g/mol. The van der Waals surface area contributed by atoms with E-state index in [0.717, 1.165) is 25.7 Å². The first-order valence-corrected chi connectivity index (χ1v) is 17.4. The van der Waals surface area contributed by atoms with Gasteiger partial charge in [0.2, 0.25) is 0 Å². The van der Waals surface area contributed by atoms with Gasteiger partial charge in [0.05, 0.1) is 24.9 Å². The Morgan fingerprint density at radius 2 is 1.50 bits per heavy atom. The standard InChI is InChI=1S/C27H48O11S2/c1-15(2)6-5-7-16(14-37-39(31,32)33)18-10-11-19-17-8-9-20-23(28)21(38-40(34,35)36)12-13-26(20,3)22(17)24(29)25(30)27(18,19)4/h15-25,28-30H,5-14H2,1-4H3,(H,31,32,33)(H,34,35,36)/t16-,17?,18+,19?,20+,21+,22?,23-,24+,25+,26-,27+/m0/s1. The Kier molecular flexibility index (Phi) is 9.44. The third-order valence-electron chi connectivity index (χ3n) is 11.5. The van der Waals surface area contributed by atoms with E-state index in [4.69, 9.17) is 8.37 Å². The number of rotatable bonds is 10. The lowest BCUT2D eigenvalue weighted by Gasteiger charge is -2.64. The van der Waals surface area contributed by atoms with Crippen LogP contribution in [0.5, 0.6) is 0 Å². The highest BCUT2D eigenvalue weighted by atomic mass is 32.3. The van der Waals surface area contributed by atoms with E-state index in [-0.39, 0.29) is 48.5 Å². The highest BCUT2D eigenvalue weighted by molar-refractivity contribution is 7.81. The van der Waals surface area contributed by atoms with Crippen LogP contribution in [0.1, 0.15) is 85.5 Å². The summed E-state index contributed by atoms with van der Waals surface area (Å²) in [4.78, 5) is 0. The SMILES string of the molecule is CC(C)CCC[C@@H](COS(=O)(=O)O)[C@H]1CCC2C3CC[C@@H]4[C@H](O)[C@H](OS(=O)(=O)O)CC[C@]4(C)C3[C@@H](O)[C@@H](O)[C@@]21C. The number of aliphatic hydroxyl groups is 3. The van der Waals surface area contributed by atoms with E-state index in [0.29, 0.717) is 31.6 Å². The smallest absolute Gasteiger partial charge is 0.390 e. The number of fused-ring (bicyclic) bond motifs is 5. The Morgan fingerprint density at radius 1 is 0.850 bits per heavy atom. The maximum absolute atomic E-state index is 11.8. The van der Waals surface area contributed by atoms with Crippen molar-refractivity contribution in [3.05, 3.63) is 0 Å². The van der Waals surface area contributed by atoms with Gasteiger partial charge in [0.1, 0.15) is 6.10 Å². The quantitative estimate of drug-likeness (QED) is 0.228. The molecule has 4 aliphatic rings. The van der Waals surface area contributed by atoms with Crippen LogP contribution in [0, 0.1) is 52.3 Å². The lowest BCUT2D eigenvalue weighted by atomic mass is 9.42. The van der Waals surface area contributed by atoms with E-state index in [2.05, 4.69) is 13.8 Å². The zero-order chi connectivity index (χ0) is 29.8. The van der Waals surface area contributed by atoms with Gasteiger partial charge in [0.15, 0.2) is 0 Å². The highest BCUT2D eigenvalue weighted by Gasteiger charge is 2.68. The minimum absolute atomic E-state index is 0.0553. The first kappa shape index (κ1) is 32.5. The Morgan fingerprint density at radius 3 is 2.10 bits per heavy atom. The molecule has 0 aromatic heterocycles. The molecule has 3 unspecified atom stereocenters. The third kappa shape index (κ3) is 6.14. The van der Waals surface area contributed by atoms with E-state index >= 15 is 0 Å². The van der Waals surface area contributed by atoms with Crippen molar-refractivity contribution in [2.24, 2.45) is 52.3 Å². The molecule has 0 heterocycles. The lowest BCUT2D eigenvalue weighted by molar-refractivity contribution is -0.244. The first-order chi connectivity index (χ1) is 18.4. The fourth-order valence-electron chi connectivity index (χ4n) is 9.81. The molecule has 13 heteroatoms. The zero-order valence-corrected chi connectivity index (χ0v) is 25.6.